The van der Waals surface area contributed by atoms with Crippen LogP contribution in [0, 0.1) is 34.0 Å². The first kappa shape index (κ1) is 34.2. The fourth-order valence-electron chi connectivity index (χ4n) is 1.75. The van der Waals surface area contributed by atoms with E-state index in [1.807, 2.05) is 77.2 Å². The molecule has 1 radical (unpaired) electrons. The molecular formula is C22H34F2Ir2N8-. The van der Waals surface area contributed by atoms with Gasteiger partial charge in [0.05, 0.1) is 0 Å². The quantitative estimate of drug-likeness (QED) is 0.181. The van der Waals surface area contributed by atoms with Gasteiger partial charge >= 0.3 is 25.2 Å². The Morgan fingerprint density at radius 1 is 0.853 bits per heavy atom. The fourth-order valence-corrected chi connectivity index (χ4v) is 1.75. The molecule has 0 saturated heterocycles. The van der Waals surface area contributed by atoms with Gasteiger partial charge in [-0.25, -0.2) is 0 Å². The molecule has 8 nitrogen and oxygen atoms in total. The van der Waals surface area contributed by atoms with E-state index < -0.39 is 18.7 Å². The Balaban J connectivity index is 0. The molecule has 0 aliphatic heterocycles. The number of halogens is 2. The number of hydrogen-bond donors (Lipinski definition) is 4. The maximum absolute atomic E-state index is 9.75. The average Bonchev–Trinajstić information content (AvgIpc) is 3.29. The molecule has 0 atom stereocenters. The van der Waals surface area contributed by atoms with Crippen LogP contribution in [-0.2, 0) is 52.9 Å². The van der Waals surface area contributed by atoms with Crippen molar-refractivity contribution < 1.29 is 45.3 Å². The predicted octanol–water partition coefficient (Wildman–Crippen LogP) is 5.26. The van der Waals surface area contributed by atoms with Gasteiger partial charge in [0.15, 0.2) is 0 Å². The molecule has 2 heterocycles. The molecule has 0 aliphatic rings. The zero-order valence-corrected chi connectivity index (χ0v) is 25.5. The average molecular weight is 833 g/mol. The van der Waals surface area contributed by atoms with Gasteiger partial charge in [0.1, 0.15) is 11.9 Å². The SMILES string of the molecule is Cn1ccnc1N[C-]=CC(=N)C(C)(C)C.Cn1ccnc1N[C-]=CC(=N)C(C)(C)C.[F][Ir+][F].[Ir]. The van der Waals surface area contributed by atoms with E-state index >= 15 is 0 Å². The van der Waals surface area contributed by atoms with Crippen molar-refractivity contribution >= 4 is 23.3 Å². The minimum atomic E-state index is -2.50. The Morgan fingerprint density at radius 2 is 1.15 bits per heavy atom. The predicted molar refractivity (Wildman–Crippen MR) is 126 cm³/mol. The summed E-state index contributed by atoms with van der Waals surface area (Å²) in [4.78, 5) is 8.15. The Hall–Kier alpha value is -2.00. The van der Waals surface area contributed by atoms with Gasteiger partial charge in [-0.1, -0.05) is 53.0 Å². The largest absolute Gasteiger partial charge is 0 e. The molecule has 195 valence electrons. The first-order valence-electron chi connectivity index (χ1n) is 9.89. The Kier molecular flexibility index (Phi) is 16.7. The summed E-state index contributed by atoms with van der Waals surface area (Å²) < 4.78 is 23.2. The molecule has 2 rings (SSSR count). The molecule has 0 aromatic carbocycles. The monoisotopic (exact) mass is 834 g/mol. The molecular weight excluding hydrogens is 799 g/mol. The first-order chi connectivity index (χ1) is 15.2. The smallest absolute Gasteiger partial charge is 0 e. The van der Waals surface area contributed by atoms with Crippen LogP contribution in [0.25, 0.3) is 0 Å². The summed E-state index contributed by atoms with van der Waals surface area (Å²) in [6.45, 7) is 12.0. The Morgan fingerprint density at radius 3 is 1.35 bits per heavy atom. The van der Waals surface area contributed by atoms with Crippen LogP contribution in [0.2, 0.25) is 0 Å². The number of imidazole rings is 2. The summed E-state index contributed by atoms with van der Waals surface area (Å²) in [5, 5.41) is 21.3. The standard InChI is InChI=1S/2C11H17N4.2FH.2Ir/c2*1-11(2,3)9(12)5-6-13-10-14-7-8-15(10)4;;;;/h2*5,7-8,12H,1-4H3,(H,13,14);2*1H;;/q2*-1;;;;+3/p-2. The van der Waals surface area contributed by atoms with E-state index in [9.17, 15) is 6.51 Å². The second-order valence-electron chi connectivity index (χ2n) is 8.93. The van der Waals surface area contributed by atoms with E-state index in [0.717, 1.165) is 0 Å². The molecule has 0 aliphatic carbocycles. The second kappa shape index (κ2) is 16.6. The zero-order chi connectivity index (χ0) is 25.7. The van der Waals surface area contributed by atoms with Gasteiger partial charge in [-0.15, -0.1) is 24.6 Å². The van der Waals surface area contributed by atoms with Crippen molar-refractivity contribution in [2.45, 2.75) is 41.5 Å². The molecule has 0 spiro atoms. The van der Waals surface area contributed by atoms with Crippen LogP contribution in [0.4, 0.5) is 18.4 Å². The van der Waals surface area contributed by atoms with Crippen LogP contribution in [0.15, 0.2) is 36.9 Å². The summed E-state index contributed by atoms with van der Waals surface area (Å²) in [6.07, 6.45) is 16.1. The molecule has 12 heteroatoms. The number of nitrogens with one attached hydrogen (secondary N) is 4. The minimum absolute atomic E-state index is 0. The molecule has 34 heavy (non-hydrogen) atoms. The van der Waals surface area contributed by atoms with E-state index in [2.05, 4.69) is 33.0 Å². The molecule has 0 fully saturated rings. The number of rotatable bonds is 6. The minimum Gasteiger partial charge on any atom is 0 e. The summed E-state index contributed by atoms with van der Waals surface area (Å²) in [5.74, 6) is 1.43. The van der Waals surface area contributed by atoms with E-state index in [-0.39, 0.29) is 30.9 Å². The maximum atomic E-state index is 9.75. The normalized spacial score (nSPS) is 11.2. The second-order valence-corrected chi connectivity index (χ2v) is 9.27. The molecule has 0 amide bonds. The van der Waals surface area contributed by atoms with Crippen molar-refractivity contribution in [2.24, 2.45) is 24.9 Å². The van der Waals surface area contributed by atoms with Crippen molar-refractivity contribution in [1.82, 2.24) is 19.1 Å². The molecule has 0 unspecified atom stereocenters. The van der Waals surface area contributed by atoms with Crippen molar-refractivity contribution in [2.75, 3.05) is 10.6 Å². The molecule has 0 saturated carbocycles. The Labute approximate surface area is 224 Å². The molecule has 2 aromatic rings. The van der Waals surface area contributed by atoms with Crippen LogP contribution < -0.4 is 10.6 Å². The van der Waals surface area contributed by atoms with Crippen molar-refractivity contribution in [1.29, 1.82) is 10.8 Å². The van der Waals surface area contributed by atoms with Gasteiger partial charge < -0.3 is 30.6 Å². The van der Waals surface area contributed by atoms with Gasteiger partial charge in [0.25, 0.3) is 0 Å². The third kappa shape index (κ3) is 14.3. The van der Waals surface area contributed by atoms with Gasteiger partial charge in [-0.2, -0.15) is 0 Å². The number of hydrogen-bond acceptors (Lipinski definition) is 6. The summed E-state index contributed by atoms with van der Waals surface area (Å²) >= 11 is -2.50. The van der Waals surface area contributed by atoms with Crippen LogP contribution in [0.5, 0.6) is 0 Å². The van der Waals surface area contributed by atoms with E-state index in [0.29, 0.717) is 23.3 Å². The van der Waals surface area contributed by atoms with Crippen molar-refractivity contribution in [3.63, 3.8) is 0 Å². The Bertz CT molecular complexity index is 848. The van der Waals surface area contributed by atoms with Gasteiger partial charge in [0.2, 0.25) is 0 Å². The van der Waals surface area contributed by atoms with E-state index in [4.69, 9.17) is 10.8 Å². The molecule has 4 N–H and O–H groups in total. The zero-order valence-electron chi connectivity index (χ0n) is 20.7. The van der Waals surface area contributed by atoms with Crippen LogP contribution in [0.3, 0.4) is 0 Å². The van der Waals surface area contributed by atoms with Crippen molar-refractivity contribution in [3.8, 4) is 0 Å². The van der Waals surface area contributed by atoms with Crippen LogP contribution in [0.1, 0.15) is 41.5 Å². The first-order valence-corrected chi connectivity index (χ1v) is 11.7. The van der Waals surface area contributed by atoms with Crippen LogP contribution in [-0.4, -0.2) is 30.5 Å². The maximum Gasteiger partial charge on any atom is 0 e. The number of aromatic nitrogens is 4. The van der Waals surface area contributed by atoms with Gasteiger partial charge in [0, 0.05) is 59.0 Å². The topological polar surface area (TPSA) is 107 Å². The molecule has 0 bridgehead atoms. The number of nitrogens with zero attached hydrogens (tertiary/aromatic N) is 4. The van der Waals surface area contributed by atoms with Gasteiger partial charge in [-0.3, -0.25) is 9.97 Å². The van der Waals surface area contributed by atoms with E-state index in [1.165, 1.54) is 0 Å². The molecule has 2 aromatic heterocycles. The van der Waals surface area contributed by atoms with Crippen molar-refractivity contribution in [3.05, 3.63) is 49.3 Å². The number of allylic oxidation sites excluding steroid dienone is 2. The van der Waals surface area contributed by atoms with Gasteiger partial charge in [-0.05, 0) is 10.8 Å². The number of aryl methyl sites for hydroxylation is 2. The summed E-state index contributed by atoms with van der Waals surface area (Å²) in [6, 6.07) is 0. The fraction of sp³-hybridized carbons (Fsp3) is 0.455. The third-order valence-corrected chi connectivity index (χ3v) is 4.06. The van der Waals surface area contributed by atoms with E-state index in [1.54, 1.807) is 24.5 Å². The van der Waals surface area contributed by atoms with Crippen LogP contribution >= 0.6 is 0 Å². The third-order valence-electron chi connectivity index (χ3n) is 4.06. The number of anilines is 2. The summed E-state index contributed by atoms with van der Waals surface area (Å²) in [5.41, 5.74) is 0.778. The summed E-state index contributed by atoms with van der Waals surface area (Å²) in [7, 11) is 3.79.